The minimum atomic E-state index is 0.133. The summed E-state index contributed by atoms with van der Waals surface area (Å²) in [6.07, 6.45) is 0. The van der Waals surface area contributed by atoms with Gasteiger partial charge in [-0.1, -0.05) is 13.8 Å². The second kappa shape index (κ2) is 6.57. The molecular weight excluding hydrogens is 246 g/mol. The van der Waals surface area contributed by atoms with Gasteiger partial charge in [-0.15, -0.1) is 0 Å². The normalized spacial score (nSPS) is 13.7. The maximum absolute atomic E-state index is 4.68. The summed E-state index contributed by atoms with van der Waals surface area (Å²) in [6.45, 7) is 16.3. The van der Waals surface area contributed by atoms with Crippen LogP contribution in [-0.4, -0.2) is 23.6 Å². The molecule has 0 aliphatic rings. The molecule has 20 heavy (non-hydrogen) atoms. The quantitative estimate of drug-likeness (QED) is 0.888. The summed E-state index contributed by atoms with van der Waals surface area (Å²) in [4.78, 5) is 6.96. The molecule has 1 N–H and O–H groups in total. The molecule has 0 aliphatic heterocycles. The fourth-order valence-corrected chi connectivity index (χ4v) is 2.03. The molecule has 1 unspecified atom stereocenters. The first kappa shape index (κ1) is 17.0. The maximum atomic E-state index is 4.68. The molecule has 0 bridgehead atoms. The summed E-state index contributed by atoms with van der Waals surface area (Å²) in [5.41, 5.74) is 2.51. The molecule has 0 saturated carbocycles. The van der Waals surface area contributed by atoms with Crippen LogP contribution in [0, 0.1) is 12.8 Å². The van der Waals surface area contributed by atoms with E-state index in [0.29, 0.717) is 12.0 Å². The van der Waals surface area contributed by atoms with E-state index >= 15 is 0 Å². The van der Waals surface area contributed by atoms with Gasteiger partial charge in [-0.2, -0.15) is 0 Å². The van der Waals surface area contributed by atoms with Gasteiger partial charge in [0.15, 0.2) is 0 Å². The smallest absolute Gasteiger partial charge is 0.129 e. The number of hydrogen-bond donors (Lipinski definition) is 1. The van der Waals surface area contributed by atoms with E-state index in [0.717, 1.165) is 18.1 Å². The molecule has 0 radical (unpaired) electrons. The van der Waals surface area contributed by atoms with Crippen LogP contribution in [0.1, 0.15) is 52.8 Å². The average Bonchev–Trinajstić information content (AvgIpc) is 2.33. The second-order valence-corrected chi connectivity index (χ2v) is 7.17. The Hall–Kier alpha value is -1.09. The Morgan fingerprint density at radius 2 is 1.80 bits per heavy atom. The summed E-state index contributed by atoms with van der Waals surface area (Å²) in [6, 6.07) is 4.84. The topological polar surface area (TPSA) is 28.2 Å². The van der Waals surface area contributed by atoms with E-state index in [1.54, 1.807) is 0 Å². The van der Waals surface area contributed by atoms with Crippen molar-refractivity contribution in [3.05, 3.63) is 23.4 Å². The van der Waals surface area contributed by atoms with Crippen LogP contribution in [0.5, 0.6) is 0 Å². The van der Waals surface area contributed by atoms with Crippen LogP contribution in [0.15, 0.2) is 12.1 Å². The predicted molar refractivity (Wildman–Crippen MR) is 88.3 cm³/mol. The molecule has 0 spiro atoms. The lowest BCUT2D eigenvalue weighted by Gasteiger charge is -2.29. The molecule has 1 rings (SSSR count). The molecule has 0 aliphatic carbocycles. The first-order valence-corrected chi connectivity index (χ1v) is 7.55. The van der Waals surface area contributed by atoms with Gasteiger partial charge in [-0.25, -0.2) is 4.98 Å². The summed E-state index contributed by atoms with van der Waals surface area (Å²) in [5, 5.41) is 3.54. The van der Waals surface area contributed by atoms with Gasteiger partial charge in [0.2, 0.25) is 0 Å². The molecule has 0 amide bonds. The molecule has 1 aromatic rings. The second-order valence-electron chi connectivity index (χ2n) is 7.17. The Bertz CT molecular complexity index is 432. The number of rotatable bonds is 5. The van der Waals surface area contributed by atoms with Crippen LogP contribution in [0.3, 0.4) is 0 Å². The number of hydrogen-bond acceptors (Lipinski definition) is 3. The monoisotopic (exact) mass is 277 g/mol. The van der Waals surface area contributed by atoms with Gasteiger partial charge in [0, 0.05) is 30.9 Å². The lowest BCUT2D eigenvalue weighted by molar-refractivity contribution is 0.424. The van der Waals surface area contributed by atoms with Gasteiger partial charge >= 0.3 is 0 Å². The van der Waals surface area contributed by atoms with Gasteiger partial charge in [0.25, 0.3) is 0 Å². The third-order valence-corrected chi connectivity index (χ3v) is 3.76. The van der Waals surface area contributed by atoms with Crippen LogP contribution in [0.25, 0.3) is 0 Å². The van der Waals surface area contributed by atoms with Crippen molar-refractivity contribution in [3.8, 4) is 0 Å². The number of nitrogens with one attached hydrogen (secondary N) is 1. The zero-order valence-electron chi connectivity index (χ0n) is 14.4. The molecule has 0 fully saturated rings. The standard InChI is InChI=1S/C17H31N3/c1-12(2)14(4)20(8)16-10-15(9-13(3)19-16)11-18-17(5,6)7/h9-10,12,14,18H,11H2,1-8H3. The molecule has 3 nitrogen and oxygen atoms in total. The van der Waals surface area contributed by atoms with Crippen molar-refractivity contribution >= 4 is 5.82 Å². The number of anilines is 1. The molecule has 1 heterocycles. The Morgan fingerprint density at radius 3 is 2.30 bits per heavy atom. The zero-order chi connectivity index (χ0) is 15.5. The highest BCUT2D eigenvalue weighted by Crippen LogP contribution is 2.19. The fraction of sp³-hybridized carbons (Fsp3) is 0.706. The molecular formula is C17H31N3. The van der Waals surface area contributed by atoms with Crippen LogP contribution < -0.4 is 10.2 Å². The maximum Gasteiger partial charge on any atom is 0.129 e. The molecule has 0 aromatic carbocycles. The minimum Gasteiger partial charge on any atom is -0.357 e. The Kier molecular flexibility index (Phi) is 5.58. The summed E-state index contributed by atoms with van der Waals surface area (Å²) < 4.78 is 0. The SMILES string of the molecule is Cc1cc(CNC(C)(C)C)cc(N(C)C(C)C(C)C)n1. The third kappa shape index (κ3) is 5.12. The molecule has 0 saturated heterocycles. The van der Waals surface area contributed by atoms with E-state index in [9.17, 15) is 0 Å². The number of aromatic nitrogens is 1. The van der Waals surface area contributed by atoms with Crippen LogP contribution in [0.4, 0.5) is 5.82 Å². The van der Waals surface area contributed by atoms with Crippen LogP contribution in [-0.2, 0) is 6.54 Å². The average molecular weight is 277 g/mol. The van der Waals surface area contributed by atoms with Crippen molar-refractivity contribution in [2.45, 2.75) is 66.6 Å². The summed E-state index contributed by atoms with van der Waals surface area (Å²) >= 11 is 0. The fourth-order valence-electron chi connectivity index (χ4n) is 2.03. The van der Waals surface area contributed by atoms with Crippen molar-refractivity contribution in [1.29, 1.82) is 0 Å². The molecule has 1 atom stereocenters. The Labute approximate surface area is 124 Å². The minimum absolute atomic E-state index is 0.133. The summed E-state index contributed by atoms with van der Waals surface area (Å²) in [5.74, 6) is 1.68. The highest BCUT2D eigenvalue weighted by molar-refractivity contribution is 5.43. The van der Waals surface area contributed by atoms with E-state index in [-0.39, 0.29) is 5.54 Å². The van der Waals surface area contributed by atoms with Crippen molar-refractivity contribution in [2.75, 3.05) is 11.9 Å². The Morgan fingerprint density at radius 1 is 1.20 bits per heavy atom. The highest BCUT2D eigenvalue weighted by atomic mass is 15.2. The van der Waals surface area contributed by atoms with E-state index in [4.69, 9.17) is 0 Å². The third-order valence-electron chi connectivity index (χ3n) is 3.76. The molecule has 3 heteroatoms. The van der Waals surface area contributed by atoms with Crippen molar-refractivity contribution in [3.63, 3.8) is 0 Å². The zero-order valence-corrected chi connectivity index (χ0v) is 14.4. The van der Waals surface area contributed by atoms with Crippen molar-refractivity contribution in [1.82, 2.24) is 10.3 Å². The Balaban J connectivity index is 2.91. The van der Waals surface area contributed by atoms with Gasteiger partial charge in [0.1, 0.15) is 5.82 Å². The lowest BCUT2D eigenvalue weighted by atomic mass is 10.0. The van der Waals surface area contributed by atoms with Crippen LogP contribution >= 0.6 is 0 Å². The van der Waals surface area contributed by atoms with Crippen molar-refractivity contribution < 1.29 is 0 Å². The van der Waals surface area contributed by atoms with Gasteiger partial charge in [0.05, 0.1) is 0 Å². The largest absolute Gasteiger partial charge is 0.357 e. The van der Waals surface area contributed by atoms with E-state index in [1.807, 2.05) is 0 Å². The number of nitrogens with zero attached hydrogens (tertiary/aromatic N) is 2. The first-order chi connectivity index (χ1) is 9.10. The van der Waals surface area contributed by atoms with Crippen molar-refractivity contribution in [2.24, 2.45) is 5.92 Å². The van der Waals surface area contributed by atoms with Gasteiger partial charge in [-0.05, 0) is 58.2 Å². The number of pyridine rings is 1. The predicted octanol–water partition coefficient (Wildman–Crippen LogP) is 3.76. The highest BCUT2D eigenvalue weighted by Gasteiger charge is 2.16. The van der Waals surface area contributed by atoms with E-state index in [2.05, 4.69) is 82.8 Å². The van der Waals surface area contributed by atoms with Gasteiger partial charge in [-0.3, -0.25) is 0 Å². The van der Waals surface area contributed by atoms with E-state index in [1.165, 1.54) is 5.56 Å². The van der Waals surface area contributed by atoms with E-state index < -0.39 is 0 Å². The summed E-state index contributed by atoms with van der Waals surface area (Å²) in [7, 11) is 2.13. The lowest BCUT2D eigenvalue weighted by Crippen LogP contribution is -2.36. The van der Waals surface area contributed by atoms with Gasteiger partial charge < -0.3 is 10.2 Å². The van der Waals surface area contributed by atoms with Crippen LogP contribution in [0.2, 0.25) is 0 Å². The molecule has 114 valence electrons. The molecule has 1 aromatic heterocycles. The first-order valence-electron chi connectivity index (χ1n) is 7.55. The number of aryl methyl sites for hydroxylation is 1.